The van der Waals surface area contributed by atoms with Gasteiger partial charge in [-0.05, 0) is 74.0 Å². The monoisotopic (exact) mass is 382 g/mol. The van der Waals surface area contributed by atoms with Crippen LogP contribution in [0.2, 0.25) is 0 Å². The minimum atomic E-state index is -0.0108. The molecule has 0 N–H and O–H groups in total. The van der Waals surface area contributed by atoms with E-state index in [1.54, 1.807) is 12.2 Å². The minimum absolute atomic E-state index is 0.0108. The normalized spacial score (nSPS) is 11.0. The summed E-state index contributed by atoms with van der Waals surface area (Å²) in [7, 11) is 0. The lowest BCUT2D eigenvalue weighted by atomic mass is 10.2. The summed E-state index contributed by atoms with van der Waals surface area (Å²) in [5.74, 6) is 2.87. The van der Waals surface area contributed by atoms with Crippen molar-refractivity contribution in [3.8, 4) is 11.5 Å². The lowest BCUT2D eigenvalue weighted by Crippen LogP contribution is -1.94. The molecule has 0 unspecified atom stereocenters. The van der Waals surface area contributed by atoms with E-state index in [4.69, 9.17) is 13.9 Å². The first-order chi connectivity index (χ1) is 13.2. The summed E-state index contributed by atoms with van der Waals surface area (Å²) in [5, 5.41) is 0. The zero-order chi connectivity index (χ0) is 19.1. The number of hydrogen-bond donors (Lipinski definition) is 0. The van der Waals surface area contributed by atoms with Crippen LogP contribution in [0.3, 0.4) is 0 Å². The molecule has 0 spiro atoms. The highest BCUT2D eigenvalue weighted by Gasteiger charge is 2.06. The molecule has 27 heavy (non-hydrogen) atoms. The van der Waals surface area contributed by atoms with Gasteiger partial charge < -0.3 is 13.9 Å². The zero-order valence-electron chi connectivity index (χ0n) is 15.4. The van der Waals surface area contributed by atoms with E-state index in [0.29, 0.717) is 24.7 Å². The molecule has 0 aliphatic carbocycles. The summed E-state index contributed by atoms with van der Waals surface area (Å²) in [4.78, 5) is 14.1. The highest BCUT2D eigenvalue weighted by molar-refractivity contribution is 7.14. The van der Waals surface area contributed by atoms with Crippen molar-refractivity contribution >= 4 is 23.2 Å². The topological polar surface area (TPSA) is 48.7 Å². The lowest BCUT2D eigenvalue weighted by molar-refractivity contribution is 0.105. The summed E-state index contributed by atoms with van der Waals surface area (Å²) in [6, 6.07) is 15.0. The summed E-state index contributed by atoms with van der Waals surface area (Å²) >= 11 is 1.53. The van der Waals surface area contributed by atoms with Crippen LogP contribution in [0, 0.1) is 0 Å². The van der Waals surface area contributed by atoms with E-state index in [1.165, 1.54) is 16.2 Å². The SMILES string of the molecule is CCOc1ccc(OCc2ccc(/C=C/C(=O)c3ccc(CC)s3)o2)cc1. The number of rotatable bonds is 9. The average Bonchev–Trinajstić information content (AvgIpc) is 3.35. The van der Waals surface area contributed by atoms with Crippen LogP contribution >= 0.6 is 11.3 Å². The molecule has 0 aliphatic rings. The molecule has 140 valence electrons. The fourth-order valence-corrected chi connectivity index (χ4v) is 3.32. The van der Waals surface area contributed by atoms with E-state index in [2.05, 4.69) is 6.92 Å². The maximum Gasteiger partial charge on any atom is 0.195 e. The Balaban J connectivity index is 1.54. The highest BCUT2D eigenvalue weighted by atomic mass is 32.1. The van der Waals surface area contributed by atoms with E-state index in [9.17, 15) is 4.79 Å². The number of ketones is 1. The maximum absolute atomic E-state index is 12.2. The molecule has 0 saturated carbocycles. The molecule has 0 saturated heterocycles. The molecular weight excluding hydrogens is 360 g/mol. The second-order valence-corrected chi connectivity index (χ2v) is 6.98. The number of benzene rings is 1. The molecule has 3 aromatic rings. The predicted octanol–water partition coefficient (Wildman–Crippen LogP) is 5.78. The van der Waals surface area contributed by atoms with Gasteiger partial charge in [0.25, 0.3) is 0 Å². The largest absolute Gasteiger partial charge is 0.494 e. The van der Waals surface area contributed by atoms with E-state index >= 15 is 0 Å². The third-order valence-corrected chi connectivity index (χ3v) is 5.09. The molecule has 1 aromatic carbocycles. The quantitative estimate of drug-likeness (QED) is 0.348. The third kappa shape index (κ3) is 5.34. The third-order valence-electron chi connectivity index (χ3n) is 3.85. The smallest absolute Gasteiger partial charge is 0.195 e. The fourth-order valence-electron chi connectivity index (χ4n) is 2.46. The number of ether oxygens (including phenoxy) is 2. The lowest BCUT2D eigenvalue weighted by Gasteiger charge is -2.06. The van der Waals surface area contributed by atoms with Crippen LogP contribution < -0.4 is 9.47 Å². The molecular formula is C22H22O4S. The Morgan fingerprint density at radius 3 is 2.41 bits per heavy atom. The highest BCUT2D eigenvalue weighted by Crippen LogP contribution is 2.20. The van der Waals surface area contributed by atoms with Gasteiger partial charge >= 0.3 is 0 Å². The molecule has 0 bridgehead atoms. The van der Waals surface area contributed by atoms with Gasteiger partial charge in [0.2, 0.25) is 0 Å². The first-order valence-electron chi connectivity index (χ1n) is 8.93. The summed E-state index contributed by atoms with van der Waals surface area (Å²) in [6.45, 7) is 4.98. The van der Waals surface area contributed by atoms with Gasteiger partial charge in [-0.3, -0.25) is 4.79 Å². The molecule has 2 aromatic heterocycles. The zero-order valence-corrected chi connectivity index (χ0v) is 16.3. The number of carbonyl (C=O) groups is 1. The number of aryl methyl sites for hydroxylation is 1. The Morgan fingerprint density at radius 1 is 1.00 bits per heavy atom. The molecule has 0 radical (unpaired) electrons. The van der Waals surface area contributed by atoms with Crippen molar-refractivity contribution in [3.63, 3.8) is 0 Å². The Labute approximate surface area is 163 Å². The van der Waals surface area contributed by atoms with Crippen molar-refractivity contribution in [2.24, 2.45) is 0 Å². The number of thiophene rings is 1. The van der Waals surface area contributed by atoms with Crippen LogP contribution in [0.15, 0.2) is 59.0 Å². The number of carbonyl (C=O) groups excluding carboxylic acids is 1. The van der Waals surface area contributed by atoms with Crippen molar-refractivity contribution in [2.75, 3.05) is 6.61 Å². The van der Waals surface area contributed by atoms with Crippen molar-refractivity contribution in [1.82, 2.24) is 0 Å². The summed E-state index contributed by atoms with van der Waals surface area (Å²) < 4.78 is 16.8. The second kappa shape index (κ2) is 9.24. The molecule has 3 rings (SSSR count). The van der Waals surface area contributed by atoms with Gasteiger partial charge in [0, 0.05) is 4.88 Å². The van der Waals surface area contributed by atoms with Crippen LogP contribution in [0.25, 0.3) is 6.08 Å². The fraction of sp³-hybridized carbons (Fsp3) is 0.227. The van der Waals surface area contributed by atoms with Gasteiger partial charge in [0.05, 0.1) is 11.5 Å². The van der Waals surface area contributed by atoms with Gasteiger partial charge in [0.1, 0.15) is 29.6 Å². The van der Waals surface area contributed by atoms with Gasteiger partial charge in [-0.25, -0.2) is 0 Å². The number of furan rings is 1. The Bertz CT molecular complexity index is 903. The van der Waals surface area contributed by atoms with Gasteiger partial charge in [-0.1, -0.05) is 6.92 Å². The Morgan fingerprint density at radius 2 is 1.74 bits per heavy atom. The number of allylic oxidation sites excluding steroid dienone is 1. The molecule has 0 atom stereocenters. The van der Waals surface area contributed by atoms with Crippen LogP contribution in [0.4, 0.5) is 0 Å². The Hall–Kier alpha value is -2.79. The van der Waals surface area contributed by atoms with Gasteiger partial charge in [0.15, 0.2) is 5.78 Å². The molecule has 4 nitrogen and oxygen atoms in total. The van der Waals surface area contributed by atoms with Crippen LogP contribution in [-0.2, 0) is 13.0 Å². The summed E-state index contributed by atoms with van der Waals surface area (Å²) in [5.41, 5.74) is 0. The van der Waals surface area contributed by atoms with E-state index in [1.807, 2.05) is 55.5 Å². The van der Waals surface area contributed by atoms with E-state index < -0.39 is 0 Å². The first kappa shape index (κ1) is 19.0. The van der Waals surface area contributed by atoms with Gasteiger partial charge in [-0.2, -0.15) is 0 Å². The van der Waals surface area contributed by atoms with Crippen LogP contribution in [0.1, 0.15) is 39.9 Å². The van der Waals surface area contributed by atoms with Crippen LogP contribution in [-0.4, -0.2) is 12.4 Å². The molecule has 0 aliphatic heterocycles. The van der Waals surface area contributed by atoms with Crippen molar-refractivity contribution in [3.05, 3.63) is 75.9 Å². The second-order valence-electron chi connectivity index (χ2n) is 5.81. The number of hydrogen-bond acceptors (Lipinski definition) is 5. The average molecular weight is 382 g/mol. The van der Waals surface area contributed by atoms with Crippen molar-refractivity contribution < 1.29 is 18.7 Å². The first-order valence-corrected chi connectivity index (χ1v) is 9.75. The van der Waals surface area contributed by atoms with Gasteiger partial charge in [-0.15, -0.1) is 11.3 Å². The van der Waals surface area contributed by atoms with E-state index in [0.717, 1.165) is 22.8 Å². The molecule has 0 fully saturated rings. The van der Waals surface area contributed by atoms with Crippen molar-refractivity contribution in [2.45, 2.75) is 26.9 Å². The van der Waals surface area contributed by atoms with Crippen molar-refractivity contribution in [1.29, 1.82) is 0 Å². The predicted molar refractivity (Wildman–Crippen MR) is 108 cm³/mol. The molecule has 2 heterocycles. The summed E-state index contributed by atoms with van der Waals surface area (Å²) in [6.07, 6.45) is 4.17. The molecule has 5 heteroatoms. The standard InChI is InChI=1S/C22H22O4S/c1-3-20-12-14-22(27-20)21(23)13-11-18-9-10-19(26-18)15-25-17-7-5-16(6-8-17)24-4-2/h5-14H,3-4,15H2,1-2H3/b13-11+. The maximum atomic E-state index is 12.2. The van der Waals surface area contributed by atoms with E-state index in [-0.39, 0.29) is 5.78 Å². The Kier molecular flexibility index (Phi) is 6.49. The minimum Gasteiger partial charge on any atom is -0.494 e. The molecule has 0 amide bonds. The van der Waals surface area contributed by atoms with Crippen LogP contribution in [0.5, 0.6) is 11.5 Å².